The Kier molecular flexibility index (Phi) is 2.80. The largest absolute Gasteiger partial charge is 0.457 e. The molecule has 0 bridgehead atoms. The molecule has 2 heterocycles. The second kappa shape index (κ2) is 4.37. The van der Waals surface area contributed by atoms with E-state index in [1.165, 1.54) is 0 Å². The fourth-order valence-electron chi connectivity index (χ4n) is 5.32. The highest BCUT2D eigenvalue weighted by molar-refractivity contribution is 5.88. The molecule has 2 aliphatic heterocycles. The molecule has 0 spiro atoms. The van der Waals surface area contributed by atoms with Crippen LogP contribution in [0.3, 0.4) is 0 Å². The first-order chi connectivity index (χ1) is 10.8. The standard InChI is InChI=1S/C19H22O4/c1-10(2)15-11-8-13-16-18(3,12(11)9-14(20)23-15)6-5-7-19(16,4)17(21)22-13/h8-9,13,15-16H,1,5-7H2,2-4H3/t13-,15-,16-,18-,19+/m1/s1. The normalized spacial score (nSPS) is 44.4. The minimum absolute atomic E-state index is 0.0860. The molecule has 1 saturated carbocycles. The van der Waals surface area contributed by atoms with E-state index in [-0.39, 0.29) is 29.4 Å². The summed E-state index contributed by atoms with van der Waals surface area (Å²) in [6, 6.07) is 0. The summed E-state index contributed by atoms with van der Waals surface area (Å²) >= 11 is 0. The summed E-state index contributed by atoms with van der Waals surface area (Å²) in [5.74, 6) is -0.334. The van der Waals surface area contributed by atoms with Gasteiger partial charge in [0.15, 0.2) is 0 Å². The van der Waals surface area contributed by atoms with Crippen molar-refractivity contribution in [2.24, 2.45) is 16.7 Å². The van der Waals surface area contributed by atoms with Crippen molar-refractivity contribution >= 4 is 11.9 Å². The molecule has 122 valence electrons. The van der Waals surface area contributed by atoms with Crippen LogP contribution in [0.25, 0.3) is 0 Å². The van der Waals surface area contributed by atoms with Crippen molar-refractivity contribution in [3.63, 3.8) is 0 Å². The molecule has 0 amide bonds. The zero-order valence-electron chi connectivity index (χ0n) is 13.8. The van der Waals surface area contributed by atoms with Gasteiger partial charge in [0.2, 0.25) is 0 Å². The van der Waals surface area contributed by atoms with Gasteiger partial charge in [-0.3, -0.25) is 4.79 Å². The van der Waals surface area contributed by atoms with Crippen molar-refractivity contribution in [2.45, 2.75) is 52.2 Å². The summed E-state index contributed by atoms with van der Waals surface area (Å²) in [5.41, 5.74) is 2.08. The molecule has 4 rings (SSSR count). The monoisotopic (exact) mass is 314 g/mol. The van der Waals surface area contributed by atoms with Crippen LogP contribution in [-0.2, 0) is 19.1 Å². The van der Waals surface area contributed by atoms with Gasteiger partial charge in [-0.2, -0.15) is 0 Å². The molecule has 2 fully saturated rings. The van der Waals surface area contributed by atoms with Crippen molar-refractivity contribution in [3.8, 4) is 0 Å². The first-order valence-corrected chi connectivity index (χ1v) is 8.29. The maximum Gasteiger partial charge on any atom is 0.332 e. The molecule has 0 radical (unpaired) electrons. The van der Waals surface area contributed by atoms with E-state index in [0.29, 0.717) is 0 Å². The molecule has 4 nitrogen and oxygen atoms in total. The molecule has 0 N–H and O–H groups in total. The Morgan fingerprint density at radius 3 is 2.61 bits per heavy atom. The van der Waals surface area contributed by atoms with Crippen molar-refractivity contribution in [1.29, 1.82) is 0 Å². The molecule has 5 atom stereocenters. The van der Waals surface area contributed by atoms with Gasteiger partial charge in [0, 0.05) is 23.0 Å². The van der Waals surface area contributed by atoms with Crippen LogP contribution in [0.5, 0.6) is 0 Å². The average molecular weight is 314 g/mol. The van der Waals surface area contributed by atoms with Crippen LogP contribution < -0.4 is 0 Å². The highest BCUT2D eigenvalue weighted by Gasteiger charge is 2.65. The van der Waals surface area contributed by atoms with E-state index in [0.717, 1.165) is 36.0 Å². The van der Waals surface area contributed by atoms with Crippen LogP contribution in [0.1, 0.15) is 40.0 Å². The lowest BCUT2D eigenvalue weighted by Crippen LogP contribution is -2.51. The highest BCUT2D eigenvalue weighted by atomic mass is 16.6. The number of carbonyl (C=O) groups excluding carboxylic acids is 2. The van der Waals surface area contributed by atoms with E-state index in [2.05, 4.69) is 13.5 Å². The first-order valence-electron chi connectivity index (χ1n) is 8.29. The van der Waals surface area contributed by atoms with Gasteiger partial charge in [-0.1, -0.05) is 19.9 Å². The van der Waals surface area contributed by atoms with E-state index in [1.54, 1.807) is 6.08 Å². The second-order valence-electron chi connectivity index (χ2n) is 7.88. The number of ether oxygens (including phenoxy) is 2. The summed E-state index contributed by atoms with van der Waals surface area (Å²) < 4.78 is 11.2. The molecule has 1 saturated heterocycles. The fraction of sp³-hybridized carbons (Fsp3) is 0.579. The molecule has 4 aliphatic rings. The summed E-state index contributed by atoms with van der Waals surface area (Å²) in [5, 5.41) is 0. The van der Waals surface area contributed by atoms with E-state index < -0.39 is 11.5 Å². The maximum atomic E-state index is 12.5. The number of cyclic esters (lactones) is 1. The van der Waals surface area contributed by atoms with Gasteiger partial charge >= 0.3 is 11.9 Å². The van der Waals surface area contributed by atoms with Crippen molar-refractivity contribution < 1.29 is 19.1 Å². The lowest BCUT2D eigenvalue weighted by atomic mass is 9.49. The van der Waals surface area contributed by atoms with Gasteiger partial charge in [0.25, 0.3) is 0 Å². The Morgan fingerprint density at radius 1 is 1.22 bits per heavy atom. The Morgan fingerprint density at radius 2 is 1.91 bits per heavy atom. The third-order valence-electron chi connectivity index (χ3n) is 6.30. The van der Waals surface area contributed by atoms with Gasteiger partial charge in [-0.15, -0.1) is 0 Å². The topological polar surface area (TPSA) is 52.6 Å². The van der Waals surface area contributed by atoms with E-state index >= 15 is 0 Å². The Hall–Kier alpha value is -1.84. The molecule has 2 aliphatic carbocycles. The van der Waals surface area contributed by atoms with Crippen molar-refractivity contribution in [1.82, 2.24) is 0 Å². The van der Waals surface area contributed by atoms with Crippen LogP contribution >= 0.6 is 0 Å². The summed E-state index contributed by atoms with van der Waals surface area (Å²) in [4.78, 5) is 24.6. The molecule has 0 aromatic carbocycles. The number of esters is 2. The summed E-state index contributed by atoms with van der Waals surface area (Å²) in [6.07, 6.45) is 5.72. The fourth-order valence-corrected chi connectivity index (χ4v) is 5.32. The summed E-state index contributed by atoms with van der Waals surface area (Å²) in [6.45, 7) is 10.0. The Labute approximate surface area is 136 Å². The average Bonchev–Trinajstić information content (AvgIpc) is 2.72. The zero-order chi connectivity index (χ0) is 16.6. The van der Waals surface area contributed by atoms with E-state index in [4.69, 9.17) is 9.47 Å². The molecular formula is C19H22O4. The van der Waals surface area contributed by atoms with Crippen molar-refractivity contribution in [3.05, 3.63) is 35.5 Å². The third-order valence-corrected chi connectivity index (χ3v) is 6.30. The SMILES string of the molecule is C=C(C)[C@H]1OC(=O)C=C2C1=C[C@H]1OC(=O)[C@@]3(C)CCC[C@@]2(C)[C@@H]13. The number of rotatable bonds is 1. The van der Waals surface area contributed by atoms with Gasteiger partial charge in [-0.05, 0) is 43.9 Å². The molecule has 4 heteroatoms. The minimum Gasteiger partial charge on any atom is -0.457 e. The Bertz CT molecular complexity index is 700. The van der Waals surface area contributed by atoms with Crippen LogP contribution in [0.4, 0.5) is 0 Å². The van der Waals surface area contributed by atoms with Crippen molar-refractivity contribution in [2.75, 3.05) is 0 Å². The third kappa shape index (κ3) is 1.72. The molecule has 0 aromatic heterocycles. The molecule has 23 heavy (non-hydrogen) atoms. The van der Waals surface area contributed by atoms with Gasteiger partial charge in [0.1, 0.15) is 12.2 Å². The second-order valence-corrected chi connectivity index (χ2v) is 7.88. The van der Waals surface area contributed by atoms with Gasteiger partial charge < -0.3 is 9.47 Å². The van der Waals surface area contributed by atoms with E-state index in [9.17, 15) is 9.59 Å². The van der Waals surface area contributed by atoms with Crippen LogP contribution in [0.15, 0.2) is 35.5 Å². The molecule has 0 aromatic rings. The lowest BCUT2D eigenvalue weighted by molar-refractivity contribution is -0.148. The first kappa shape index (κ1) is 14.7. The minimum atomic E-state index is -0.458. The highest BCUT2D eigenvalue weighted by Crippen LogP contribution is 2.64. The van der Waals surface area contributed by atoms with Gasteiger partial charge in [0.05, 0.1) is 5.41 Å². The predicted octanol–water partition coefficient (Wildman–Crippen LogP) is 3.09. The van der Waals surface area contributed by atoms with Gasteiger partial charge in [-0.25, -0.2) is 4.79 Å². The van der Waals surface area contributed by atoms with Crippen LogP contribution in [0, 0.1) is 16.7 Å². The number of carbonyl (C=O) groups is 2. The number of hydrogen-bond acceptors (Lipinski definition) is 4. The smallest absolute Gasteiger partial charge is 0.332 e. The number of fused-ring (bicyclic) bond motifs is 2. The quantitative estimate of drug-likeness (QED) is 0.551. The number of hydrogen-bond donors (Lipinski definition) is 0. The van der Waals surface area contributed by atoms with Crippen LogP contribution in [0.2, 0.25) is 0 Å². The Balaban J connectivity index is 1.93. The van der Waals surface area contributed by atoms with Crippen LogP contribution in [-0.4, -0.2) is 24.1 Å². The van der Waals surface area contributed by atoms with E-state index in [1.807, 2.05) is 19.9 Å². The zero-order valence-corrected chi connectivity index (χ0v) is 13.8. The predicted molar refractivity (Wildman–Crippen MR) is 84.3 cm³/mol. The maximum absolute atomic E-state index is 12.5. The summed E-state index contributed by atoms with van der Waals surface area (Å²) in [7, 11) is 0. The lowest BCUT2D eigenvalue weighted by Gasteiger charge is -2.52. The molecule has 0 unspecified atom stereocenters. The molecular weight excluding hydrogens is 292 g/mol.